The minimum atomic E-state index is 0.469. The molecule has 2 aromatic rings. The fourth-order valence-corrected chi connectivity index (χ4v) is 1.27. The Morgan fingerprint density at radius 3 is 2.93 bits per heavy atom. The quantitative estimate of drug-likeness (QED) is 0.658. The van der Waals surface area contributed by atoms with E-state index < -0.39 is 0 Å². The first kappa shape index (κ1) is 9.39. The van der Waals surface area contributed by atoms with E-state index in [1.165, 1.54) is 6.26 Å². The number of nitrogen functional groups attached to an aromatic ring is 2. The normalized spacial score (nSPS) is 10.1. The van der Waals surface area contributed by atoms with Gasteiger partial charge in [-0.3, -0.25) is 0 Å². The van der Waals surface area contributed by atoms with Gasteiger partial charge >= 0.3 is 0 Å². The molecular formula is C10H12N4O. The first-order valence-corrected chi connectivity index (χ1v) is 4.53. The average Bonchev–Trinajstić information content (AvgIpc) is 2.73. The van der Waals surface area contributed by atoms with Crippen LogP contribution in [0, 0.1) is 0 Å². The predicted octanol–water partition coefficient (Wildman–Crippen LogP) is 1.45. The van der Waals surface area contributed by atoms with Crippen molar-refractivity contribution >= 4 is 17.4 Å². The van der Waals surface area contributed by atoms with E-state index >= 15 is 0 Å². The summed E-state index contributed by atoms with van der Waals surface area (Å²) in [6.45, 7) is 0.539. The van der Waals surface area contributed by atoms with Gasteiger partial charge < -0.3 is 21.2 Å². The molecule has 0 radical (unpaired) electrons. The molecule has 0 saturated heterocycles. The molecule has 0 atom stereocenters. The van der Waals surface area contributed by atoms with E-state index in [0.29, 0.717) is 23.9 Å². The van der Waals surface area contributed by atoms with Crippen LogP contribution in [0.15, 0.2) is 35.1 Å². The van der Waals surface area contributed by atoms with Crippen LogP contribution in [0.3, 0.4) is 0 Å². The van der Waals surface area contributed by atoms with Crippen LogP contribution in [-0.2, 0) is 6.54 Å². The van der Waals surface area contributed by atoms with Crippen molar-refractivity contribution < 1.29 is 4.42 Å². The minimum Gasteiger partial charge on any atom is -0.432 e. The van der Waals surface area contributed by atoms with Crippen molar-refractivity contribution in [3.05, 3.63) is 36.2 Å². The summed E-state index contributed by atoms with van der Waals surface area (Å²) in [7, 11) is 0. The standard InChI is InChI=1S/C10H12N4O/c11-8-3-1-2-7(9(8)12)6-14-10-13-4-5-15-10/h1-5H,6,11-12H2,(H,13,14). The van der Waals surface area contributed by atoms with E-state index in [-0.39, 0.29) is 0 Å². The van der Waals surface area contributed by atoms with Gasteiger partial charge in [0.15, 0.2) is 0 Å². The molecule has 5 heteroatoms. The lowest BCUT2D eigenvalue weighted by atomic mass is 10.1. The molecule has 0 saturated carbocycles. The highest BCUT2D eigenvalue weighted by Gasteiger charge is 2.02. The molecule has 0 aliphatic carbocycles. The molecule has 5 nitrogen and oxygen atoms in total. The predicted molar refractivity (Wildman–Crippen MR) is 59.1 cm³/mol. The van der Waals surface area contributed by atoms with Crippen LogP contribution in [0.2, 0.25) is 0 Å². The zero-order valence-electron chi connectivity index (χ0n) is 8.10. The van der Waals surface area contributed by atoms with E-state index in [4.69, 9.17) is 15.9 Å². The van der Waals surface area contributed by atoms with Crippen LogP contribution in [0.4, 0.5) is 17.4 Å². The lowest BCUT2D eigenvalue weighted by molar-refractivity contribution is 0.571. The van der Waals surface area contributed by atoms with Crippen LogP contribution >= 0.6 is 0 Å². The number of aromatic nitrogens is 1. The van der Waals surface area contributed by atoms with Crippen LogP contribution in [0.5, 0.6) is 0 Å². The summed E-state index contributed by atoms with van der Waals surface area (Å²) in [6, 6.07) is 6.00. The van der Waals surface area contributed by atoms with Gasteiger partial charge in [0.1, 0.15) is 6.26 Å². The Morgan fingerprint density at radius 2 is 2.20 bits per heavy atom. The van der Waals surface area contributed by atoms with Gasteiger partial charge in [0.2, 0.25) is 0 Å². The molecule has 0 bridgehead atoms. The third kappa shape index (κ3) is 2.01. The van der Waals surface area contributed by atoms with E-state index in [1.54, 1.807) is 12.3 Å². The highest BCUT2D eigenvalue weighted by atomic mass is 16.4. The largest absolute Gasteiger partial charge is 0.432 e. The summed E-state index contributed by atoms with van der Waals surface area (Å²) in [5.41, 5.74) is 13.6. The monoisotopic (exact) mass is 204 g/mol. The van der Waals surface area contributed by atoms with E-state index in [9.17, 15) is 0 Å². The molecule has 1 aromatic carbocycles. The van der Waals surface area contributed by atoms with Crippen molar-refractivity contribution in [2.75, 3.05) is 16.8 Å². The van der Waals surface area contributed by atoms with Gasteiger partial charge in [0, 0.05) is 6.54 Å². The van der Waals surface area contributed by atoms with Crippen molar-refractivity contribution in [1.82, 2.24) is 4.98 Å². The summed E-state index contributed by atoms with van der Waals surface area (Å²) in [5, 5.41) is 3.00. The summed E-state index contributed by atoms with van der Waals surface area (Å²) in [4.78, 5) is 3.93. The molecule has 78 valence electrons. The number of nitrogens with one attached hydrogen (secondary N) is 1. The van der Waals surface area contributed by atoms with Gasteiger partial charge in [-0.25, -0.2) is 4.98 Å². The van der Waals surface area contributed by atoms with Gasteiger partial charge in [-0.05, 0) is 11.6 Å². The smallest absolute Gasteiger partial charge is 0.294 e. The molecule has 5 N–H and O–H groups in total. The third-order valence-corrected chi connectivity index (χ3v) is 2.09. The number of oxazole rings is 1. The number of hydrogen-bond acceptors (Lipinski definition) is 5. The second-order valence-electron chi connectivity index (χ2n) is 3.11. The van der Waals surface area contributed by atoms with Gasteiger partial charge in [-0.1, -0.05) is 12.1 Å². The Morgan fingerprint density at radius 1 is 1.33 bits per heavy atom. The highest BCUT2D eigenvalue weighted by molar-refractivity contribution is 5.67. The molecule has 0 aliphatic heterocycles. The van der Waals surface area contributed by atoms with Gasteiger partial charge in [-0.2, -0.15) is 0 Å². The Balaban J connectivity index is 2.08. The molecule has 0 spiro atoms. The second-order valence-corrected chi connectivity index (χ2v) is 3.11. The van der Waals surface area contributed by atoms with Crippen LogP contribution in [0.1, 0.15) is 5.56 Å². The number of nitrogens with two attached hydrogens (primary N) is 2. The maximum absolute atomic E-state index is 5.81. The number of benzene rings is 1. The summed E-state index contributed by atoms with van der Waals surface area (Å²) in [6.07, 6.45) is 3.08. The maximum atomic E-state index is 5.81. The lowest BCUT2D eigenvalue weighted by Gasteiger charge is -2.07. The summed E-state index contributed by atoms with van der Waals surface area (Å²) >= 11 is 0. The molecule has 0 fully saturated rings. The topological polar surface area (TPSA) is 90.1 Å². The van der Waals surface area contributed by atoms with Gasteiger partial charge in [0.05, 0.1) is 17.6 Å². The van der Waals surface area contributed by atoms with Gasteiger partial charge in [-0.15, -0.1) is 0 Å². The fourth-order valence-electron chi connectivity index (χ4n) is 1.27. The van der Waals surface area contributed by atoms with Crippen molar-refractivity contribution in [3.8, 4) is 0 Å². The van der Waals surface area contributed by atoms with Crippen molar-refractivity contribution in [3.63, 3.8) is 0 Å². The lowest BCUT2D eigenvalue weighted by Crippen LogP contribution is -2.05. The Bertz CT molecular complexity index is 439. The number of hydrogen-bond donors (Lipinski definition) is 3. The zero-order chi connectivity index (χ0) is 10.7. The van der Waals surface area contributed by atoms with Crippen molar-refractivity contribution in [1.29, 1.82) is 0 Å². The first-order chi connectivity index (χ1) is 7.27. The SMILES string of the molecule is Nc1cccc(CNc2ncco2)c1N. The van der Waals surface area contributed by atoms with Gasteiger partial charge in [0.25, 0.3) is 6.01 Å². The van der Waals surface area contributed by atoms with Crippen LogP contribution in [0.25, 0.3) is 0 Å². The fraction of sp³-hybridized carbons (Fsp3) is 0.100. The highest BCUT2D eigenvalue weighted by Crippen LogP contribution is 2.20. The molecule has 15 heavy (non-hydrogen) atoms. The molecule has 0 amide bonds. The third-order valence-electron chi connectivity index (χ3n) is 2.09. The number of rotatable bonds is 3. The Labute approximate surface area is 87.1 Å². The Hall–Kier alpha value is -2.17. The van der Waals surface area contributed by atoms with Crippen molar-refractivity contribution in [2.24, 2.45) is 0 Å². The van der Waals surface area contributed by atoms with Crippen LogP contribution < -0.4 is 16.8 Å². The number of nitrogens with zero attached hydrogens (tertiary/aromatic N) is 1. The Kier molecular flexibility index (Phi) is 2.45. The maximum Gasteiger partial charge on any atom is 0.294 e. The molecule has 1 aromatic heterocycles. The summed E-state index contributed by atoms with van der Waals surface area (Å²) < 4.78 is 5.03. The second kappa shape index (κ2) is 3.91. The summed E-state index contributed by atoms with van der Waals surface area (Å²) in [5.74, 6) is 0. The number of anilines is 3. The molecule has 2 rings (SSSR count). The average molecular weight is 204 g/mol. The molecular weight excluding hydrogens is 192 g/mol. The van der Waals surface area contributed by atoms with Crippen LogP contribution in [-0.4, -0.2) is 4.98 Å². The van der Waals surface area contributed by atoms with Crippen molar-refractivity contribution in [2.45, 2.75) is 6.54 Å². The molecule has 0 unspecified atom stereocenters. The zero-order valence-corrected chi connectivity index (χ0v) is 8.10. The molecule has 0 aliphatic rings. The van der Waals surface area contributed by atoms with E-state index in [1.807, 2.05) is 12.1 Å². The first-order valence-electron chi connectivity index (χ1n) is 4.53. The molecule has 1 heterocycles. The minimum absolute atomic E-state index is 0.469. The van der Waals surface area contributed by atoms with E-state index in [2.05, 4.69) is 10.3 Å². The van der Waals surface area contributed by atoms with E-state index in [0.717, 1.165) is 5.56 Å². The number of para-hydroxylation sites is 1.